The van der Waals surface area contributed by atoms with E-state index < -0.39 is 17.7 Å². The molecule has 1 atom stereocenters. The largest absolute Gasteiger partial charge is 0.481 e. The molecule has 156 valence electrons. The number of rotatable bonds is 4. The number of pyridine rings is 1. The van der Waals surface area contributed by atoms with E-state index in [2.05, 4.69) is 9.88 Å². The van der Waals surface area contributed by atoms with Crippen molar-refractivity contribution in [1.29, 1.82) is 0 Å². The van der Waals surface area contributed by atoms with E-state index in [1.54, 1.807) is 6.20 Å². The lowest BCUT2D eigenvalue weighted by molar-refractivity contribution is -0.143. The van der Waals surface area contributed by atoms with Crippen LogP contribution < -0.4 is 0 Å². The van der Waals surface area contributed by atoms with Crippen LogP contribution in [0.25, 0.3) is 10.9 Å². The van der Waals surface area contributed by atoms with E-state index >= 15 is 0 Å². The summed E-state index contributed by atoms with van der Waals surface area (Å²) in [4.78, 5) is 18.0. The summed E-state index contributed by atoms with van der Waals surface area (Å²) in [5.74, 6) is -1.18. The number of nitrogens with zero attached hydrogens (tertiary/aromatic N) is 2. The van der Waals surface area contributed by atoms with Gasteiger partial charge in [0.05, 0.1) is 23.0 Å². The van der Waals surface area contributed by atoms with Gasteiger partial charge in [0.1, 0.15) is 0 Å². The number of aliphatic carboxylic acids is 1. The second kappa shape index (κ2) is 8.07. The van der Waals surface area contributed by atoms with Crippen LogP contribution in [0.1, 0.15) is 35.6 Å². The highest BCUT2D eigenvalue weighted by atomic mass is 19.4. The third kappa shape index (κ3) is 4.16. The van der Waals surface area contributed by atoms with Gasteiger partial charge in [-0.05, 0) is 61.3 Å². The standard InChI is InChI=1S/C23H21F3N2O2/c24-23(25,26)19-7-5-15(6-8-19)21(28-11-9-16(10-12-28)22(29)30)18-13-17-3-1-2-4-20(17)27-14-18/h1-8,13-14,16,21H,9-12H2,(H,29,30). The average molecular weight is 414 g/mol. The third-order valence-electron chi connectivity index (χ3n) is 5.73. The number of aromatic nitrogens is 1. The molecule has 0 bridgehead atoms. The fourth-order valence-corrected chi connectivity index (χ4v) is 4.11. The van der Waals surface area contributed by atoms with Gasteiger partial charge in [0.15, 0.2) is 0 Å². The highest BCUT2D eigenvalue weighted by molar-refractivity contribution is 5.79. The van der Waals surface area contributed by atoms with Crippen molar-refractivity contribution in [3.8, 4) is 0 Å². The highest BCUT2D eigenvalue weighted by Crippen LogP contribution is 2.35. The van der Waals surface area contributed by atoms with Gasteiger partial charge in [-0.25, -0.2) is 0 Å². The number of para-hydroxylation sites is 1. The molecule has 1 aromatic heterocycles. The molecular weight excluding hydrogens is 393 g/mol. The molecule has 3 aromatic rings. The van der Waals surface area contributed by atoms with Gasteiger partial charge < -0.3 is 5.11 Å². The Morgan fingerprint density at radius 2 is 1.70 bits per heavy atom. The minimum Gasteiger partial charge on any atom is -0.481 e. The van der Waals surface area contributed by atoms with Crippen LogP contribution in [0.5, 0.6) is 0 Å². The molecule has 1 aliphatic heterocycles. The van der Waals surface area contributed by atoms with Crippen molar-refractivity contribution in [1.82, 2.24) is 9.88 Å². The summed E-state index contributed by atoms with van der Waals surface area (Å²) in [5.41, 5.74) is 1.76. The monoisotopic (exact) mass is 414 g/mol. The fraction of sp³-hybridized carbons (Fsp3) is 0.304. The van der Waals surface area contributed by atoms with Crippen LogP contribution in [0, 0.1) is 5.92 Å². The van der Waals surface area contributed by atoms with Gasteiger partial charge in [-0.1, -0.05) is 30.3 Å². The molecule has 1 N–H and O–H groups in total. The first-order chi connectivity index (χ1) is 14.3. The first kappa shape index (κ1) is 20.3. The van der Waals surface area contributed by atoms with E-state index in [1.807, 2.05) is 30.3 Å². The first-order valence-electron chi connectivity index (χ1n) is 9.81. The number of likely N-dealkylation sites (tertiary alicyclic amines) is 1. The molecule has 2 aromatic carbocycles. The molecule has 1 fully saturated rings. The number of carbonyl (C=O) groups is 1. The smallest absolute Gasteiger partial charge is 0.416 e. The number of hydrogen-bond donors (Lipinski definition) is 1. The maximum Gasteiger partial charge on any atom is 0.416 e. The Morgan fingerprint density at radius 1 is 1.03 bits per heavy atom. The summed E-state index contributed by atoms with van der Waals surface area (Å²) in [5, 5.41) is 10.2. The topological polar surface area (TPSA) is 53.4 Å². The summed E-state index contributed by atoms with van der Waals surface area (Å²) in [6, 6.07) is 14.6. The molecule has 4 nitrogen and oxygen atoms in total. The minimum absolute atomic E-state index is 0.292. The van der Waals surface area contributed by atoms with Crippen molar-refractivity contribution in [2.45, 2.75) is 25.1 Å². The Labute approximate surface area is 172 Å². The zero-order valence-electron chi connectivity index (χ0n) is 16.1. The van der Waals surface area contributed by atoms with E-state index in [0.29, 0.717) is 25.9 Å². The molecule has 4 rings (SSSR count). The maximum absolute atomic E-state index is 13.0. The molecule has 1 unspecified atom stereocenters. The van der Waals surface area contributed by atoms with Gasteiger partial charge in [0, 0.05) is 11.6 Å². The van der Waals surface area contributed by atoms with E-state index in [1.165, 1.54) is 12.1 Å². The van der Waals surface area contributed by atoms with Crippen LogP contribution in [0.15, 0.2) is 60.8 Å². The molecule has 2 heterocycles. The molecule has 1 aliphatic rings. The summed E-state index contributed by atoms with van der Waals surface area (Å²) in [6.07, 6.45) is -1.62. The second-order valence-electron chi connectivity index (χ2n) is 7.63. The average Bonchev–Trinajstić information content (AvgIpc) is 2.74. The molecule has 0 spiro atoms. The number of hydrogen-bond acceptors (Lipinski definition) is 3. The van der Waals surface area contributed by atoms with Crippen LogP contribution in [0.3, 0.4) is 0 Å². The number of halogens is 3. The summed E-state index contributed by atoms with van der Waals surface area (Å²) >= 11 is 0. The van der Waals surface area contributed by atoms with Crippen molar-refractivity contribution in [2.24, 2.45) is 5.92 Å². The van der Waals surface area contributed by atoms with Gasteiger partial charge in [-0.3, -0.25) is 14.7 Å². The SMILES string of the molecule is O=C(O)C1CCN(C(c2ccc(C(F)(F)F)cc2)c2cnc3ccccc3c2)CC1. The molecule has 7 heteroatoms. The lowest BCUT2D eigenvalue weighted by Crippen LogP contribution is -2.39. The Kier molecular flexibility index (Phi) is 5.47. The Bertz CT molecular complexity index is 1040. The van der Waals surface area contributed by atoms with Crippen LogP contribution in [-0.2, 0) is 11.0 Å². The number of carboxylic acids is 1. The predicted molar refractivity (Wildman–Crippen MR) is 107 cm³/mol. The Morgan fingerprint density at radius 3 is 2.33 bits per heavy atom. The van der Waals surface area contributed by atoms with E-state index in [9.17, 15) is 23.1 Å². The highest BCUT2D eigenvalue weighted by Gasteiger charge is 2.33. The molecule has 0 radical (unpaired) electrons. The van der Waals surface area contributed by atoms with Crippen LogP contribution in [-0.4, -0.2) is 34.0 Å². The maximum atomic E-state index is 13.0. The van der Waals surface area contributed by atoms with Gasteiger partial charge in [-0.15, -0.1) is 0 Å². The lowest BCUT2D eigenvalue weighted by atomic mass is 9.91. The van der Waals surface area contributed by atoms with Crippen molar-refractivity contribution in [3.05, 3.63) is 77.5 Å². The van der Waals surface area contributed by atoms with Crippen molar-refractivity contribution in [2.75, 3.05) is 13.1 Å². The second-order valence-corrected chi connectivity index (χ2v) is 7.63. The van der Waals surface area contributed by atoms with Crippen molar-refractivity contribution < 1.29 is 23.1 Å². The van der Waals surface area contributed by atoms with Gasteiger partial charge >= 0.3 is 12.1 Å². The molecule has 0 aliphatic carbocycles. The molecule has 0 amide bonds. The molecule has 0 saturated carbocycles. The number of carboxylic acid groups (broad SMARTS) is 1. The summed E-state index contributed by atoms with van der Waals surface area (Å²) in [7, 11) is 0. The van der Waals surface area contributed by atoms with Crippen LogP contribution in [0.2, 0.25) is 0 Å². The van der Waals surface area contributed by atoms with Gasteiger partial charge in [0.25, 0.3) is 0 Å². The molecule has 1 saturated heterocycles. The van der Waals surface area contributed by atoms with E-state index in [0.717, 1.165) is 34.2 Å². The number of piperidine rings is 1. The van der Waals surface area contributed by atoms with Gasteiger partial charge in [0.2, 0.25) is 0 Å². The van der Waals surface area contributed by atoms with Crippen molar-refractivity contribution in [3.63, 3.8) is 0 Å². The summed E-state index contributed by atoms with van der Waals surface area (Å²) < 4.78 is 39.0. The molecular formula is C23H21F3N2O2. The van der Waals surface area contributed by atoms with Gasteiger partial charge in [-0.2, -0.15) is 13.2 Å². The normalized spacial score (nSPS) is 17.2. The minimum atomic E-state index is -4.39. The quantitative estimate of drug-likeness (QED) is 0.642. The van der Waals surface area contributed by atoms with Crippen molar-refractivity contribution >= 4 is 16.9 Å². The lowest BCUT2D eigenvalue weighted by Gasteiger charge is -2.37. The zero-order valence-corrected chi connectivity index (χ0v) is 16.1. The molecule has 30 heavy (non-hydrogen) atoms. The zero-order chi connectivity index (χ0) is 21.3. The van der Waals surface area contributed by atoms with E-state index in [4.69, 9.17) is 0 Å². The number of benzene rings is 2. The van der Waals surface area contributed by atoms with E-state index in [-0.39, 0.29) is 12.0 Å². The number of alkyl halides is 3. The first-order valence-corrected chi connectivity index (χ1v) is 9.81. The summed E-state index contributed by atoms with van der Waals surface area (Å²) in [6.45, 7) is 1.10. The third-order valence-corrected chi connectivity index (χ3v) is 5.73. The number of fused-ring (bicyclic) bond motifs is 1. The van der Waals surface area contributed by atoms with Crippen LogP contribution in [0.4, 0.5) is 13.2 Å². The Balaban J connectivity index is 1.71. The van der Waals surface area contributed by atoms with Crippen LogP contribution >= 0.6 is 0 Å². The fourth-order valence-electron chi connectivity index (χ4n) is 4.11. The predicted octanol–water partition coefficient (Wildman–Crippen LogP) is 5.14. The Hall–Kier alpha value is -2.93.